The van der Waals surface area contributed by atoms with Gasteiger partial charge in [0.25, 0.3) is 0 Å². The standard InChI is InChI=1S/C22H15NO2/c24-22-21(18-11-5-2-6-12-18)20(17-9-3-1-4-10-17)19(25-22)14-16-8-7-13-23-15-16/h1-15H. The van der Waals surface area contributed by atoms with Gasteiger partial charge in [0.05, 0.1) is 5.57 Å². The molecule has 3 nitrogen and oxygen atoms in total. The maximum atomic E-state index is 12.6. The molecule has 0 saturated heterocycles. The summed E-state index contributed by atoms with van der Waals surface area (Å²) in [6.45, 7) is 0. The zero-order chi connectivity index (χ0) is 17.1. The lowest BCUT2D eigenvalue weighted by Gasteiger charge is -2.06. The van der Waals surface area contributed by atoms with Gasteiger partial charge >= 0.3 is 5.97 Å². The second-order valence-electron chi connectivity index (χ2n) is 5.67. The molecule has 0 aliphatic carbocycles. The Morgan fingerprint density at radius 1 is 0.760 bits per heavy atom. The fourth-order valence-electron chi connectivity index (χ4n) is 2.90. The Labute approximate surface area is 145 Å². The van der Waals surface area contributed by atoms with E-state index < -0.39 is 0 Å². The van der Waals surface area contributed by atoms with Crippen molar-refractivity contribution in [3.63, 3.8) is 0 Å². The number of esters is 1. The molecule has 3 heteroatoms. The zero-order valence-electron chi connectivity index (χ0n) is 13.4. The maximum absolute atomic E-state index is 12.6. The first-order chi connectivity index (χ1) is 12.3. The first kappa shape index (κ1) is 15.1. The van der Waals surface area contributed by atoms with Crippen molar-refractivity contribution in [3.05, 3.63) is 108 Å². The van der Waals surface area contributed by atoms with E-state index in [1.165, 1.54) is 0 Å². The molecule has 1 aliphatic rings. The highest BCUT2D eigenvalue weighted by Crippen LogP contribution is 2.40. The number of carbonyl (C=O) groups is 1. The van der Waals surface area contributed by atoms with Crippen molar-refractivity contribution in [2.75, 3.05) is 0 Å². The van der Waals surface area contributed by atoms with E-state index in [-0.39, 0.29) is 5.97 Å². The highest BCUT2D eigenvalue weighted by Gasteiger charge is 2.31. The number of benzene rings is 2. The first-order valence-corrected chi connectivity index (χ1v) is 8.02. The van der Waals surface area contributed by atoms with Crippen molar-refractivity contribution in [1.29, 1.82) is 0 Å². The molecule has 120 valence electrons. The van der Waals surface area contributed by atoms with Gasteiger partial charge in [0, 0.05) is 18.0 Å². The monoisotopic (exact) mass is 325 g/mol. The molecule has 4 rings (SSSR count). The largest absolute Gasteiger partial charge is 0.422 e. The number of cyclic esters (lactones) is 1. The molecule has 0 atom stereocenters. The van der Waals surface area contributed by atoms with Crippen LogP contribution in [0.15, 0.2) is 90.9 Å². The smallest absolute Gasteiger partial charge is 0.344 e. The average molecular weight is 325 g/mol. The van der Waals surface area contributed by atoms with Crippen molar-refractivity contribution >= 4 is 23.2 Å². The van der Waals surface area contributed by atoms with Gasteiger partial charge in [0.2, 0.25) is 0 Å². The van der Waals surface area contributed by atoms with Crippen LogP contribution in [0.2, 0.25) is 0 Å². The Balaban J connectivity index is 1.93. The van der Waals surface area contributed by atoms with E-state index in [2.05, 4.69) is 4.98 Å². The minimum Gasteiger partial charge on any atom is -0.422 e. The number of nitrogens with zero attached hydrogens (tertiary/aromatic N) is 1. The van der Waals surface area contributed by atoms with Gasteiger partial charge in [0.15, 0.2) is 0 Å². The Bertz CT molecular complexity index is 959. The summed E-state index contributed by atoms with van der Waals surface area (Å²) in [5.41, 5.74) is 4.07. The number of allylic oxidation sites excluding steroid dienone is 1. The van der Waals surface area contributed by atoms with Crippen LogP contribution < -0.4 is 0 Å². The van der Waals surface area contributed by atoms with Crippen LogP contribution in [0, 0.1) is 0 Å². The minimum atomic E-state index is -0.333. The topological polar surface area (TPSA) is 39.2 Å². The Hall–Kier alpha value is -3.46. The molecular formula is C22H15NO2. The summed E-state index contributed by atoms with van der Waals surface area (Å²) in [7, 11) is 0. The molecule has 1 aromatic heterocycles. The molecular weight excluding hydrogens is 310 g/mol. The molecule has 3 aromatic rings. The van der Waals surface area contributed by atoms with Crippen LogP contribution in [0.1, 0.15) is 16.7 Å². The molecule has 0 unspecified atom stereocenters. The predicted octanol–water partition coefficient (Wildman–Crippen LogP) is 4.59. The third-order valence-electron chi connectivity index (χ3n) is 4.01. The minimum absolute atomic E-state index is 0.333. The van der Waals surface area contributed by atoms with Crippen molar-refractivity contribution in [3.8, 4) is 0 Å². The predicted molar refractivity (Wildman–Crippen MR) is 98.0 cm³/mol. The van der Waals surface area contributed by atoms with Crippen molar-refractivity contribution in [2.24, 2.45) is 0 Å². The molecule has 2 heterocycles. The van der Waals surface area contributed by atoms with Gasteiger partial charge in [0.1, 0.15) is 5.76 Å². The van der Waals surface area contributed by atoms with Crippen LogP contribution in [0.3, 0.4) is 0 Å². The second-order valence-corrected chi connectivity index (χ2v) is 5.67. The molecule has 0 bridgehead atoms. The van der Waals surface area contributed by atoms with Crippen LogP contribution in [-0.4, -0.2) is 11.0 Å². The van der Waals surface area contributed by atoms with Gasteiger partial charge in [-0.3, -0.25) is 4.98 Å². The zero-order valence-corrected chi connectivity index (χ0v) is 13.4. The van der Waals surface area contributed by atoms with E-state index in [0.29, 0.717) is 11.3 Å². The van der Waals surface area contributed by atoms with E-state index in [1.807, 2.05) is 78.9 Å². The maximum Gasteiger partial charge on any atom is 0.344 e. The summed E-state index contributed by atoms with van der Waals surface area (Å²) in [5, 5.41) is 0. The molecule has 1 aliphatic heterocycles. The van der Waals surface area contributed by atoms with Crippen molar-refractivity contribution in [1.82, 2.24) is 4.98 Å². The van der Waals surface area contributed by atoms with Gasteiger partial charge < -0.3 is 4.74 Å². The van der Waals surface area contributed by atoms with Gasteiger partial charge in [-0.05, 0) is 28.8 Å². The number of ether oxygens (including phenoxy) is 1. The quantitative estimate of drug-likeness (QED) is 0.661. The molecule has 0 fully saturated rings. The number of hydrogen-bond donors (Lipinski definition) is 0. The number of carbonyl (C=O) groups excluding carboxylic acids is 1. The molecule has 0 N–H and O–H groups in total. The Kier molecular flexibility index (Phi) is 3.97. The summed E-state index contributed by atoms with van der Waals surface area (Å²) in [4.78, 5) is 16.7. The molecule has 2 aromatic carbocycles. The number of rotatable bonds is 3. The third-order valence-corrected chi connectivity index (χ3v) is 4.01. The fraction of sp³-hybridized carbons (Fsp3) is 0. The number of hydrogen-bond acceptors (Lipinski definition) is 3. The molecule has 0 saturated carbocycles. The van der Waals surface area contributed by atoms with Gasteiger partial charge in [-0.15, -0.1) is 0 Å². The lowest BCUT2D eigenvalue weighted by Crippen LogP contribution is -1.98. The highest BCUT2D eigenvalue weighted by molar-refractivity contribution is 6.30. The van der Waals surface area contributed by atoms with Crippen molar-refractivity contribution in [2.45, 2.75) is 0 Å². The summed E-state index contributed by atoms with van der Waals surface area (Å²) >= 11 is 0. The van der Waals surface area contributed by atoms with Gasteiger partial charge in [-0.2, -0.15) is 0 Å². The third kappa shape index (κ3) is 3.00. The summed E-state index contributed by atoms with van der Waals surface area (Å²) in [6.07, 6.45) is 5.30. The molecule has 25 heavy (non-hydrogen) atoms. The van der Waals surface area contributed by atoms with Crippen LogP contribution in [0.5, 0.6) is 0 Å². The van der Waals surface area contributed by atoms with E-state index in [4.69, 9.17) is 4.74 Å². The normalized spacial score (nSPS) is 15.5. The van der Waals surface area contributed by atoms with Crippen LogP contribution >= 0.6 is 0 Å². The lowest BCUT2D eigenvalue weighted by atomic mass is 9.94. The SMILES string of the molecule is O=C1OC(=Cc2cccnc2)C(c2ccccc2)=C1c1ccccc1. The Morgan fingerprint density at radius 2 is 1.40 bits per heavy atom. The summed E-state index contributed by atoms with van der Waals surface area (Å²) in [6, 6.07) is 23.2. The number of aromatic nitrogens is 1. The molecule has 0 radical (unpaired) electrons. The van der Waals surface area contributed by atoms with E-state index in [1.54, 1.807) is 12.4 Å². The molecule has 0 amide bonds. The summed E-state index contributed by atoms with van der Waals surface area (Å²) in [5.74, 6) is 0.211. The van der Waals surface area contributed by atoms with E-state index >= 15 is 0 Å². The Morgan fingerprint density at radius 3 is 2.00 bits per heavy atom. The van der Waals surface area contributed by atoms with Gasteiger partial charge in [-0.1, -0.05) is 66.7 Å². The lowest BCUT2D eigenvalue weighted by molar-refractivity contribution is -0.131. The van der Waals surface area contributed by atoms with E-state index in [0.717, 1.165) is 22.3 Å². The highest BCUT2D eigenvalue weighted by atomic mass is 16.5. The van der Waals surface area contributed by atoms with Crippen LogP contribution in [0.25, 0.3) is 17.2 Å². The second kappa shape index (κ2) is 6.57. The molecule has 0 spiro atoms. The number of pyridine rings is 1. The first-order valence-electron chi connectivity index (χ1n) is 8.02. The van der Waals surface area contributed by atoms with Crippen LogP contribution in [0.4, 0.5) is 0 Å². The summed E-state index contributed by atoms with van der Waals surface area (Å²) < 4.78 is 5.62. The fourth-order valence-corrected chi connectivity index (χ4v) is 2.90. The van der Waals surface area contributed by atoms with Crippen molar-refractivity contribution < 1.29 is 9.53 Å². The van der Waals surface area contributed by atoms with Gasteiger partial charge in [-0.25, -0.2) is 4.79 Å². The van der Waals surface area contributed by atoms with E-state index in [9.17, 15) is 4.79 Å². The van der Waals surface area contributed by atoms with Crippen LogP contribution in [-0.2, 0) is 9.53 Å². The average Bonchev–Trinajstić information content (AvgIpc) is 2.99.